The zero-order valence-corrected chi connectivity index (χ0v) is 18.8. The number of H-pyrrole nitrogens is 1. The number of carbonyl (C=O) groups is 1. The molecule has 0 fully saturated rings. The van der Waals surface area contributed by atoms with Crippen LogP contribution in [0.25, 0.3) is 0 Å². The van der Waals surface area contributed by atoms with E-state index in [0.29, 0.717) is 0 Å². The summed E-state index contributed by atoms with van der Waals surface area (Å²) in [6.45, 7) is 5.17. The maximum atomic E-state index is 13.2. The van der Waals surface area contributed by atoms with Crippen LogP contribution in [0.3, 0.4) is 0 Å². The van der Waals surface area contributed by atoms with Gasteiger partial charge in [0.05, 0.1) is 28.4 Å². The fraction of sp³-hybridized carbons (Fsp3) is 0.421. The number of non-ortho nitro benzene ring substituents is 1. The highest BCUT2D eigenvalue weighted by atomic mass is 32.2. The third kappa shape index (κ3) is 5.88. The van der Waals surface area contributed by atoms with Gasteiger partial charge in [0.15, 0.2) is 0 Å². The zero-order chi connectivity index (χ0) is 24.3. The number of nitro benzene ring substituents is 1. The van der Waals surface area contributed by atoms with Gasteiger partial charge in [-0.05, 0) is 33.8 Å². The van der Waals surface area contributed by atoms with Gasteiger partial charge < -0.3 is 4.74 Å². The van der Waals surface area contributed by atoms with Crippen molar-refractivity contribution in [3.05, 3.63) is 67.0 Å². The Labute approximate surface area is 183 Å². The van der Waals surface area contributed by atoms with Crippen molar-refractivity contribution in [2.75, 3.05) is 13.2 Å². The molecule has 0 radical (unpaired) electrons. The van der Waals surface area contributed by atoms with Gasteiger partial charge in [-0.3, -0.25) is 29.3 Å². The molecule has 1 heterocycles. The molecule has 0 bridgehead atoms. The van der Waals surface area contributed by atoms with Crippen molar-refractivity contribution in [3.63, 3.8) is 0 Å². The number of aryl methyl sites for hydroxylation is 1. The van der Waals surface area contributed by atoms with Crippen molar-refractivity contribution in [3.8, 4) is 0 Å². The van der Waals surface area contributed by atoms with E-state index in [9.17, 15) is 32.9 Å². The average molecular weight is 468 g/mol. The molecule has 1 N–H and O–H groups in total. The van der Waals surface area contributed by atoms with Crippen LogP contribution in [0.5, 0.6) is 0 Å². The molecule has 12 nitrogen and oxygen atoms in total. The normalized spacial score (nSPS) is 12.0. The smallest absolute Gasteiger partial charge is 0.329 e. The molecule has 0 aliphatic carbocycles. The molecule has 1 aromatic heterocycles. The van der Waals surface area contributed by atoms with Gasteiger partial charge >= 0.3 is 11.7 Å². The van der Waals surface area contributed by atoms with Gasteiger partial charge in [-0.15, -0.1) is 0 Å². The van der Waals surface area contributed by atoms with Crippen LogP contribution >= 0.6 is 0 Å². The van der Waals surface area contributed by atoms with Gasteiger partial charge in [0.25, 0.3) is 11.2 Å². The molecule has 0 saturated carbocycles. The van der Waals surface area contributed by atoms with Gasteiger partial charge in [-0.2, -0.15) is 4.31 Å². The van der Waals surface area contributed by atoms with Crippen LogP contribution < -0.4 is 11.2 Å². The summed E-state index contributed by atoms with van der Waals surface area (Å²) in [5, 5.41) is 11.1. The molecule has 1 aromatic carbocycles. The average Bonchev–Trinajstić information content (AvgIpc) is 2.70. The van der Waals surface area contributed by atoms with Crippen molar-refractivity contribution in [2.45, 2.75) is 39.3 Å². The molecule has 2 rings (SSSR count). The maximum absolute atomic E-state index is 13.2. The first-order valence-electron chi connectivity index (χ1n) is 9.45. The van der Waals surface area contributed by atoms with Crippen LogP contribution in [-0.2, 0) is 26.2 Å². The van der Waals surface area contributed by atoms with Crippen molar-refractivity contribution in [2.24, 2.45) is 5.41 Å². The fourth-order valence-corrected chi connectivity index (χ4v) is 3.93. The van der Waals surface area contributed by atoms with E-state index in [1.807, 2.05) is 0 Å². The molecule has 0 spiro atoms. The first-order valence-corrected chi connectivity index (χ1v) is 10.9. The highest BCUT2D eigenvalue weighted by molar-refractivity contribution is 7.89. The predicted octanol–water partition coefficient (Wildman–Crippen LogP) is 0.991. The van der Waals surface area contributed by atoms with Crippen LogP contribution in [0.4, 0.5) is 5.69 Å². The second-order valence-corrected chi connectivity index (χ2v) is 9.94. The topological polar surface area (TPSA) is 162 Å². The van der Waals surface area contributed by atoms with Crippen LogP contribution in [0, 0.1) is 22.5 Å². The molecular weight excluding hydrogens is 444 g/mol. The number of benzene rings is 1. The molecule has 0 aliphatic heterocycles. The number of aromatic nitrogens is 2. The van der Waals surface area contributed by atoms with Crippen molar-refractivity contribution < 1.29 is 22.9 Å². The van der Waals surface area contributed by atoms with E-state index < -0.39 is 49.9 Å². The third-order valence-corrected chi connectivity index (χ3v) is 6.18. The largest absolute Gasteiger partial charge is 0.464 e. The van der Waals surface area contributed by atoms with Crippen LogP contribution in [0.15, 0.2) is 44.9 Å². The van der Waals surface area contributed by atoms with E-state index in [0.717, 1.165) is 21.0 Å². The second-order valence-electron chi connectivity index (χ2n) is 8.00. The lowest BCUT2D eigenvalue weighted by Crippen LogP contribution is -2.41. The number of hydrogen-bond acceptors (Lipinski definition) is 8. The number of nitrogens with zero attached hydrogens (tertiary/aromatic N) is 3. The number of ether oxygens (including phenoxy) is 1. The number of rotatable bonds is 8. The summed E-state index contributed by atoms with van der Waals surface area (Å²) in [5.41, 5.74) is -2.51. The Hall–Kier alpha value is -3.32. The van der Waals surface area contributed by atoms with E-state index in [4.69, 9.17) is 4.74 Å². The van der Waals surface area contributed by atoms with E-state index in [-0.39, 0.29) is 23.6 Å². The molecule has 0 atom stereocenters. The van der Waals surface area contributed by atoms with Crippen LogP contribution in [0.1, 0.15) is 26.3 Å². The molecule has 174 valence electrons. The summed E-state index contributed by atoms with van der Waals surface area (Å²) in [4.78, 5) is 47.8. The first kappa shape index (κ1) is 24.9. The van der Waals surface area contributed by atoms with Gasteiger partial charge in [0.2, 0.25) is 10.0 Å². The summed E-state index contributed by atoms with van der Waals surface area (Å²) < 4.78 is 33.4. The minimum atomic E-state index is -4.34. The first-order chi connectivity index (χ1) is 14.7. The molecule has 32 heavy (non-hydrogen) atoms. The number of nitrogens with one attached hydrogen (secondary N) is 1. The summed E-state index contributed by atoms with van der Waals surface area (Å²) in [7, 11) is -4.34. The highest BCUT2D eigenvalue weighted by Crippen LogP contribution is 2.22. The Morgan fingerprint density at radius 3 is 2.53 bits per heavy atom. The Morgan fingerprint density at radius 1 is 1.28 bits per heavy atom. The molecule has 13 heteroatoms. The second kappa shape index (κ2) is 9.44. The van der Waals surface area contributed by atoms with Gasteiger partial charge in [0, 0.05) is 23.9 Å². The lowest BCUT2D eigenvalue weighted by Gasteiger charge is -2.24. The molecule has 0 unspecified atom stereocenters. The standard InChI is InChI=1S/C19H24N4O8S/c1-13-11-21(18(26)20-16(13)24)12-22(8-9-31-17(25)19(2,3)4)32(29,30)15-7-5-6-14(10-15)23(27)28/h5-7,10-11H,8-9,12H2,1-4H3,(H,20,24,26). The number of sulfonamides is 1. The van der Waals surface area contributed by atoms with Crippen molar-refractivity contribution in [1.82, 2.24) is 13.9 Å². The van der Waals surface area contributed by atoms with Crippen molar-refractivity contribution in [1.29, 1.82) is 0 Å². The van der Waals surface area contributed by atoms with Crippen LogP contribution in [0.2, 0.25) is 0 Å². The van der Waals surface area contributed by atoms with E-state index in [1.54, 1.807) is 20.8 Å². The summed E-state index contributed by atoms with van der Waals surface area (Å²) in [6, 6.07) is 4.44. The summed E-state index contributed by atoms with van der Waals surface area (Å²) >= 11 is 0. The number of esters is 1. The fourth-order valence-electron chi connectivity index (χ4n) is 2.52. The van der Waals surface area contributed by atoms with Gasteiger partial charge in [-0.25, -0.2) is 13.2 Å². The number of hydrogen-bond donors (Lipinski definition) is 1. The minimum absolute atomic E-state index is 0.177. The quantitative estimate of drug-likeness (QED) is 0.341. The lowest BCUT2D eigenvalue weighted by molar-refractivity contribution is -0.385. The SMILES string of the molecule is Cc1cn(CN(CCOC(=O)C(C)(C)C)S(=O)(=O)c2cccc([N+](=O)[O-])c2)c(=O)[nH]c1=O. The van der Waals surface area contributed by atoms with E-state index in [2.05, 4.69) is 4.98 Å². The Morgan fingerprint density at radius 2 is 1.94 bits per heavy atom. The summed E-state index contributed by atoms with van der Waals surface area (Å²) in [6.07, 6.45) is 1.19. The molecular formula is C19H24N4O8S. The summed E-state index contributed by atoms with van der Waals surface area (Å²) in [5.74, 6) is -0.553. The minimum Gasteiger partial charge on any atom is -0.464 e. The van der Waals surface area contributed by atoms with Crippen molar-refractivity contribution >= 4 is 21.7 Å². The predicted molar refractivity (Wildman–Crippen MR) is 113 cm³/mol. The van der Waals surface area contributed by atoms with Gasteiger partial charge in [-0.1, -0.05) is 6.07 Å². The Bertz CT molecular complexity index is 1240. The van der Waals surface area contributed by atoms with E-state index >= 15 is 0 Å². The molecule has 0 saturated heterocycles. The number of nitro groups is 1. The highest BCUT2D eigenvalue weighted by Gasteiger charge is 2.28. The molecule has 2 aromatic rings. The Kier molecular flexibility index (Phi) is 7.36. The number of aromatic amines is 1. The Balaban J connectivity index is 2.43. The monoisotopic (exact) mass is 468 g/mol. The third-order valence-electron chi connectivity index (χ3n) is 4.35. The van der Waals surface area contributed by atoms with Crippen LogP contribution in [-0.4, -0.2) is 46.3 Å². The molecule has 0 aliphatic rings. The lowest BCUT2D eigenvalue weighted by atomic mass is 9.97. The van der Waals surface area contributed by atoms with E-state index in [1.165, 1.54) is 25.3 Å². The zero-order valence-electron chi connectivity index (χ0n) is 18.0. The number of carbonyl (C=O) groups excluding carboxylic acids is 1. The maximum Gasteiger partial charge on any atom is 0.329 e. The molecule has 0 amide bonds. The van der Waals surface area contributed by atoms with Gasteiger partial charge in [0.1, 0.15) is 6.61 Å².